The first-order valence-electron chi connectivity index (χ1n) is 10.6. The molecule has 2 N–H and O–H groups in total. The van der Waals surface area contributed by atoms with Gasteiger partial charge in [-0.25, -0.2) is 4.79 Å². The number of para-hydroxylation sites is 1. The molecule has 34 heavy (non-hydrogen) atoms. The van der Waals surface area contributed by atoms with E-state index >= 15 is 0 Å². The number of aliphatic carboxylic acids is 1. The minimum atomic E-state index is -5.08. The van der Waals surface area contributed by atoms with Crippen molar-refractivity contribution in [3.8, 4) is 0 Å². The van der Waals surface area contributed by atoms with Crippen LogP contribution in [0.2, 0.25) is 0 Å². The number of aromatic nitrogens is 3. The Balaban J connectivity index is 0.000000406. The number of hydrogen-bond donors (Lipinski definition) is 2. The molecule has 1 amide bonds. The number of carboxylic acids is 1. The highest BCUT2D eigenvalue weighted by Crippen LogP contribution is 2.33. The van der Waals surface area contributed by atoms with Gasteiger partial charge in [-0.15, -0.1) is 0 Å². The van der Waals surface area contributed by atoms with Crippen LogP contribution in [0.1, 0.15) is 36.1 Å². The molecule has 0 atom stereocenters. The number of rotatable bonds is 5. The Morgan fingerprint density at radius 1 is 1.09 bits per heavy atom. The van der Waals surface area contributed by atoms with E-state index in [4.69, 9.17) is 9.90 Å². The fraction of sp³-hybridized carbons (Fsp3) is 0.292. The molecule has 10 heteroatoms. The molecule has 0 saturated heterocycles. The van der Waals surface area contributed by atoms with Gasteiger partial charge < -0.3 is 19.6 Å². The van der Waals surface area contributed by atoms with Gasteiger partial charge in [-0.1, -0.05) is 24.3 Å². The molecule has 0 spiro atoms. The van der Waals surface area contributed by atoms with Gasteiger partial charge in [-0.05, 0) is 38.1 Å². The van der Waals surface area contributed by atoms with E-state index < -0.39 is 12.1 Å². The summed E-state index contributed by atoms with van der Waals surface area (Å²) in [6.07, 6.45) is -2.59. The fourth-order valence-corrected chi connectivity index (χ4v) is 3.82. The van der Waals surface area contributed by atoms with Crippen molar-refractivity contribution in [2.75, 3.05) is 6.54 Å². The van der Waals surface area contributed by atoms with Crippen LogP contribution in [0.25, 0.3) is 21.9 Å². The molecule has 4 aromatic rings. The maximum absolute atomic E-state index is 12.8. The molecule has 3 aromatic heterocycles. The largest absolute Gasteiger partial charge is 0.490 e. The van der Waals surface area contributed by atoms with E-state index in [1.807, 2.05) is 41.9 Å². The van der Waals surface area contributed by atoms with Crippen LogP contribution in [-0.4, -0.2) is 43.8 Å². The molecule has 7 nitrogen and oxygen atoms in total. The number of carboxylic acid groups (broad SMARTS) is 1. The topological polar surface area (TPSA) is 89.2 Å². The van der Waals surface area contributed by atoms with Crippen molar-refractivity contribution in [2.45, 2.75) is 32.5 Å². The van der Waals surface area contributed by atoms with E-state index in [1.54, 1.807) is 6.20 Å². The molecule has 4 rings (SSSR count). The number of halogens is 3. The highest BCUT2D eigenvalue weighted by Gasteiger charge is 2.38. The van der Waals surface area contributed by atoms with E-state index in [2.05, 4.69) is 46.9 Å². The second-order valence-corrected chi connectivity index (χ2v) is 7.93. The van der Waals surface area contributed by atoms with E-state index in [0.29, 0.717) is 18.3 Å². The molecule has 0 aliphatic rings. The van der Waals surface area contributed by atoms with Crippen molar-refractivity contribution in [2.24, 2.45) is 7.05 Å². The summed E-state index contributed by atoms with van der Waals surface area (Å²) < 4.78 is 36.0. The Morgan fingerprint density at radius 3 is 2.32 bits per heavy atom. The zero-order chi connectivity index (χ0) is 25.0. The first-order valence-corrected chi connectivity index (χ1v) is 10.6. The SMILES string of the molecule is CC(C)n1c2ccccc2c2c1cc(C(=O)NCCc1ccccn1)n2C.O=C(O)C(F)(F)F. The summed E-state index contributed by atoms with van der Waals surface area (Å²) in [6, 6.07) is 16.5. The number of alkyl halides is 3. The molecule has 0 unspecified atom stereocenters. The van der Waals surface area contributed by atoms with Gasteiger partial charge in [-0.2, -0.15) is 13.2 Å². The van der Waals surface area contributed by atoms with Gasteiger partial charge in [0.1, 0.15) is 5.69 Å². The predicted octanol–water partition coefficient (Wildman–Crippen LogP) is 4.71. The van der Waals surface area contributed by atoms with Gasteiger partial charge >= 0.3 is 12.1 Å². The molecule has 3 heterocycles. The molecule has 0 radical (unpaired) electrons. The lowest BCUT2D eigenvalue weighted by Crippen LogP contribution is -2.27. The van der Waals surface area contributed by atoms with Gasteiger partial charge in [0.05, 0.1) is 16.6 Å². The Morgan fingerprint density at radius 2 is 1.74 bits per heavy atom. The monoisotopic (exact) mass is 474 g/mol. The maximum Gasteiger partial charge on any atom is 0.490 e. The number of carbonyl (C=O) groups excluding carboxylic acids is 1. The van der Waals surface area contributed by atoms with Crippen LogP contribution in [0.4, 0.5) is 13.2 Å². The summed E-state index contributed by atoms with van der Waals surface area (Å²) >= 11 is 0. The summed E-state index contributed by atoms with van der Waals surface area (Å²) in [5.41, 5.74) is 5.07. The summed E-state index contributed by atoms with van der Waals surface area (Å²) in [5.74, 6) is -2.81. The van der Waals surface area contributed by atoms with Crippen LogP contribution >= 0.6 is 0 Å². The molecular weight excluding hydrogens is 449 g/mol. The third kappa shape index (κ3) is 5.22. The van der Waals surface area contributed by atoms with E-state index in [1.165, 1.54) is 10.9 Å². The second kappa shape index (κ2) is 9.98. The van der Waals surface area contributed by atoms with Gasteiger partial charge in [0.15, 0.2) is 0 Å². The first-order chi connectivity index (χ1) is 16.0. The smallest absolute Gasteiger partial charge is 0.475 e. The maximum atomic E-state index is 12.8. The number of amides is 1. The molecule has 0 aliphatic heterocycles. The lowest BCUT2D eigenvalue weighted by atomic mass is 10.2. The standard InChI is InChI=1S/C22H24N4O.C2HF3O2/c1-15(2)26-18-10-5-4-9-17(18)21-19(26)14-20(25(21)3)22(27)24-13-11-16-8-6-7-12-23-16;3-2(4,5)1(6)7/h4-10,12,14-15H,11,13H2,1-3H3,(H,24,27);(H,6,7). The number of nitrogens with one attached hydrogen (secondary N) is 1. The third-order valence-corrected chi connectivity index (χ3v) is 5.28. The average molecular weight is 474 g/mol. The molecule has 1 aromatic carbocycles. The van der Waals surface area contributed by atoms with E-state index in [9.17, 15) is 18.0 Å². The Kier molecular flexibility index (Phi) is 7.29. The normalized spacial score (nSPS) is 11.5. The highest BCUT2D eigenvalue weighted by molar-refractivity contribution is 6.10. The second-order valence-electron chi connectivity index (χ2n) is 7.93. The Labute approximate surface area is 193 Å². The zero-order valence-corrected chi connectivity index (χ0v) is 18.9. The summed E-state index contributed by atoms with van der Waals surface area (Å²) in [6.45, 7) is 4.91. The van der Waals surface area contributed by atoms with Crippen LogP contribution in [0.15, 0.2) is 54.7 Å². The van der Waals surface area contributed by atoms with Crippen LogP contribution in [0.3, 0.4) is 0 Å². The molecule has 0 aliphatic carbocycles. The van der Waals surface area contributed by atoms with Gasteiger partial charge in [0, 0.05) is 43.3 Å². The Bertz CT molecular complexity index is 1310. The molecule has 0 bridgehead atoms. The highest BCUT2D eigenvalue weighted by atomic mass is 19.4. The number of nitrogens with zero attached hydrogens (tertiary/aromatic N) is 3. The van der Waals surface area contributed by atoms with Crippen LogP contribution in [0.5, 0.6) is 0 Å². The van der Waals surface area contributed by atoms with Crippen molar-refractivity contribution >= 4 is 33.8 Å². The minimum Gasteiger partial charge on any atom is -0.475 e. The Hall–Kier alpha value is -3.82. The number of benzene rings is 1. The minimum absolute atomic E-state index is 0.0518. The summed E-state index contributed by atoms with van der Waals surface area (Å²) in [7, 11) is 1.97. The summed E-state index contributed by atoms with van der Waals surface area (Å²) in [4.78, 5) is 26.0. The summed E-state index contributed by atoms with van der Waals surface area (Å²) in [5, 5.41) is 11.3. The molecular formula is C24H25F3N4O3. The van der Waals surface area contributed by atoms with E-state index in [0.717, 1.165) is 23.1 Å². The third-order valence-electron chi connectivity index (χ3n) is 5.28. The molecule has 180 valence electrons. The zero-order valence-electron chi connectivity index (χ0n) is 18.9. The van der Waals surface area contributed by atoms with E-state index in [-0.39, 0.29) is 5.91 Å². The van der Waals surface area contributed by atoms with Crippen molar-refractivity contribution in [3.63, 3.8) is 0 Å². The first kappa shape index (κ1) is 24.8. The van der Waals surface area contributed by atoms with Crippen molar-refractivity contribution in [3.05, 3.63) is 66.1 Å². The number of fused-ring (bicyclic) bond motifs is 3. The molecule has 0 saturated carbocycles. The van der Waals surface area contributed by atoms with Crippen molar-refractivity contribution in [1.29, 1.82) is 0 Å². The van der Waals surface area contributed by atoms with Crippen LogP contribution < -0.4 is 5.32 Å². The lowest BCUT2D eigenvalue weighted by Gasteiger charge is -2.10. The molecule has 0 fully saturated rings. The lowest BCUT2D eigenvalue weighted by molar-refractivity contribution is -0.192. The van der Waals surface area contributed by atoms with Crippen LogP contribution in [-0.2, 0) is 18.3 Å². The number of aryl methyl sites for hydroxylation is 1. The number of hydrogen-bond acceptors (Lipinski definition) is 3. The van der Waals surface area contributed by atoms with Gasteiger partial charge in [0.2, 0.25) is 0 Å². The van der Waals surface area contributed by atoms with Crippen molar-refractivity contribution in [1.82, 2.24) is 19.4 Å². The predicted molar refractivity (Wildman–Crippen MR) is 123 cm³/mol. The quantitative estimate of drug-likeness (QED) is 0.438. The van der Waals surface area contributed by atoms with Gasteiger partial charge in [0.25, 0.3) is 5.91 Å². The van der Waals surface area contributed by atoms with Crippen molar-refractivity contribution < 1.29 is 27.9 Å². The van der Waals surface area contributed by atoms with Crippen LogP contribution in [0, 0.1) is 0 Å². The fourth-order valence-electron chi connectivity index (χ4n) is 3.82. The van der Waals surface area contributed by atoms with Gasteiger partial charge in [-0.3, -0.25) is 9.78 Å². The average Bonchev–Trinajstić information content (AvgIpc) is 3.28. The number of pyridine rings is 1. The number of carbonyl (C=O) groups is 2.